The minimum Gasteiger partial charge on any atom is -0.455 e. The van der Waals surface area contributed by atoms with Crippen LogP contribution in [-0.4, -0.2) is 22.8 Å². The van der Waals surface area contributed by atoms with E-state index < -0.39 is 29.6 Å². The van der Waals surface area contributed by atoms with Crippen molar-refractivity contribution in [1.29, 1.82) is 0 Å². The zero-order valence-corrected chi connectivity index (χ0v) is 15.8. The Kier molecular flexibility index (Phi) is 4.33. The molecule has 2 atom stereocenters. The van der Waals surface area contributed by atoms with Crippen molar-refractivity contribution in [3.63, 3.8) is 0 Å². The fourth-order valence-corrected chi connectivity index (χ4v) is 6.91. The van der Waals surface area contributed by atoms with E-state index >= 15 is 0 Å². The van der Waals surface area contributed by atoms with Crippen LogP contribution in [0, 0.1) is 28.9 Å². The highest BCUT2D eigenvalue weighted by Gasteiger charge is 2.60. The number of halogens is 3. The van der Waals surface area contributed by atoms with E-state index in [1.54, 1.807) is 0 Å². The van der Waals surface area contributed by atoms with Crippen molar-refractivity contribution in [2.75, 3.05) is 11.9 Å². The molecule has 0 saturated heterocycles. The first-order chi connectivity index (χ1) is 12.3. The van der Waals surface area contributed by atoms with E-state index in [0.717, 1.165) is 50.3 Å². The first-order valence-corrected chi connectivity index (χ1v) is 9.67. The molecule has 0 heterocycles. The third-order valence-corrected chi connectivity index (χ3v) is 6.89. The maximum atomic E-state index is 13.6. The molecule has 7 heteroatoms. The van der Waals surface area contributed by atoms with Gasteiger partial charge < -0.3 is 10.1 Å². The number of ether oxygens (including phenoxy) is 1. The average molecular weight is 428 g/mol. The number of hydrogen-bond donors (Lipinski definition) is 1. The minimum absolute atomic E-state index is 0.0169. The number of carbonyl (C=O) groups is 2. The van der Waals surface area contributed by atoms with Crippen LogP contribution in [0.1, 0.15) is 38.5 Å². The summed E-state index contributed by atoms with van der Waals surface area (Å²) >= 11 is 3.84. The molecule has 1 aromatic carbocycles. The van der Waals surface area contributed by atoms with Gasteiger partial charge in [-0.15, -0.1) is 0 Å². The summed E-state index contributed by atoms with van der Waals surface area (Å²) in [6.07, 6.45) is 5.73. The summed E-state index contributed by atoms with van der Waals surface area (Å²) in [7, 11) is 0. The molecule has 0 radical (unpaired) electrons. The molecule has 2 unspecified atom stereocenters. The van der Waals surface area contributed by atoms with Gasteiger partial charge in [0.1, 0.15) is 11.6 Å². The number of rotatable bonds is 4. The highest BCUT2D eigenvalue weighted by Crippen LogP contribution is 2.64. The standard InChI is InChI=1S/C19H20BrF2NO3/c20-19-7-11-3-12(8-19)6-18(5-11,10-19)17(25)26-9-16(24)23-15-4-13(21)1-2-14(15)22/h1-2,4,11-12H,3,5-10H2,(H,23,24). The third kappa shape index (κ3) is 3.26. The van der Waals surface area contributed by atoms with E-state index in [9.17, 15) is 18.4 Å². The van der Waals surface area contributed by atoms with Crippen LogP contribution < -0.4 is 5.32 Å². The van der Waals surface area contributed by atoms with Gasteiger partial charge in [-0.25, -0.2) is 8.78 Å². The molecule has 140 valence electrons. The Morgan fingerprint density at radius 1 is 1.19 bits per heavy atom. The molecule has 4 aliphatic carbocycles. The van der Waals surface area contributed by atoms with Gasteiger partial charge in [0, 0.05) is 10.4 Å². The molecular formula is C19H20BrF2NO3. The highest BCUT2D eigenvalue weighted by atomic mass is 79.9. The molecule has 0 spiro atoms. The van der Waals surface area contributed by atoms with Crippen molar-refractivity contribution in [2.45, 2.75) is 42.8 Å². The second-order valence-corrected chi connectivity index (χ2v) is 9.82. The Morgan fingerprint density at radius 3 is 2.54 bits per heavy atom. The topological polar surface area (TPSA) is 55.4 Å². The fourth-order valence-electron chi connectivity index (χ4n) is 5.45. The van der Waals surface area contributed by atoms with Crippen molar-refractivity contribution < 1.29 is 23.1 Å². The van der Waals surface area contributed by atoms with E-state index in [-0.39, 0.29) is 16.0 Å². The summed E-state index contributed by atoms with van der Waals surface area (Å²) in [6.45, 7) is -0.499. The number of benzene rings is 1. The van der Waals surface area contributed by atoms with E-state index in [2.05, 4.69) is 21.2 Å². The fraction of sp³-hybridized carbons (Fsp3) is 0.579. The van der Waals surface area contributed by atoms with Gasteiger partial charge in [0.05, 0.1) is 11.1 Å². The lowest BCUT2D eigenvalue weighted by atomic mass is 9.49. The van der Waals surface area contributed by atoms with Gasteiger partial charge >= 0.3 is 5.97 Å². The number of amides is 1. The molecule has 4 bridgehead atoms. The number of hydrogen-bond acceptors (Lipinski definition) is 3. The summed E-state index contributed by atoms with van der Waals surface area (Å²) in [6, 6.07) is 2.79. The Bertz CT molecular complexity index is 755. The van der Waals surface area contributed by atoms with Gasteiger partial charge in [-0.2, -0.15) is 0 Å². The van der Waals surface area contributed by atoms with Crippen LogP contribution >= 0.6 is 15.9 Å². The van der Waals surface area contributed by atoms with Gasteiger partial charge in [-0.1, -0.05) is 15.9 Å². The number of alkyl halides is 1. The van der Waals surface area contributed by atoms with Crippen LogP contribution in [0.5, 0.6) is 0 Å². The Balaban J connectivity index is 1.38. The molecule has 1 N–H and O–H groups in total. The Morgan fingerprint density at radius 2 is 1.88 bits per heavy atom. The van der Waals surface area contributed by atoms with Crippen LogP contribution in [-0.2, 0) is 14.3 Å². The number of carbonyl (C=O) groups excluding carboxylic acids is 2. The maximum Gasteiger partial charge on any atom is 0.312 e. The second-order valence-electron chi connectivity index (χ2n) is 8.14. The van der Waals surface area contributed by atoms with Gasteiger partial charge in [-0.05, 0) is 62.5 Å². The Hall–Kier alpha value is -1.50. The molecule has 1 amide bonds. The van der Waals surface area contributed by atoms with Gasteiger partial charge in [-0.3, -0.25) is 9.59 Å². The first-order valence-electron chi connectivity index (χ1n) is 8.88. The number of nitrogens with one attached hydrogen (secondary N) is 1. The largest absolute Gasteiger partial charge is 0.455 e. The highest BCUT2D eigenvalue weighted by molar-refractivity contribution is 9.10. The summed E-state index contributed by atoms with van der Waals surface area (Å²) in [4.78, 5) is 24.7. The van der Waals surface area contributed by atoms with Crippen molar-refractivity contribution in [3.05, 3.63) is 29.8 Å². The normalized spacial score (nSPS) is 34.6. The third-order valence-electron chi connectivity index (χ3n) is 5.96. The van der Waals surface area contributed by atoms with Gasteiger partial charge in [0.2, 0.25) is 0 Å². The number of anilines is 1. The first kappa shape index (κ1) is 17.9. The van der Waals surface area contributed by atoms with Crippen molar-refractivity contribution in [1.82, 2.24) is 0 Å². The molecule has 1 aromatic rings. The van der Waals surface area contributed by atoms with Crippen LogP contribution in [0.3, 0.4) is 0 Å². The number of esters is 1. The van der Waals surface area contributed by atoms with E-state index in [4.69, 9.17) is 4.74 Å². The maximum absolute atomic E-state index is 13.6. The molecule has 0 aromatic heterocycles. The monoisotopic (exact) mass is 427 g/mol. The zero-order chi connectivity index (χ0) is 18.5. The molecule has 5 rings (SSSR count). The minimum atomic E-state index is -0.742. The molecule has 4 aliphatic rings. The zero-order valence-electron chi connectivity index (χ0n) is 14.2. The molecule has 4 fully saturated rings. The lowest BCUT2D eigenvalue weighted by Gasteiger charge is -2.58. The van der Waals surface area contributed by atoms with Crippen LogP contribution in [0.25, 0.3) is 0 Å². The molecular weight excluding hydrogens is 408 g/mol. The quantitative estimate of drug-likeness (QED) is 0.579. The summed E-state index contributed by atoms with van der Waals surface area (Å²) in [5.74, 6) is -1.37. The van der Waals surface area contributed by atoms with Crippen molar-refractivity contribution in [3.8, 4) is 0 Å². The predicted octanol–water partition coefficient (Wildman–Crippen LogP) is 4.18. The average Bonchev–Trinajstić information content (AvgIpc) is 2.53. The second kappa shape index (κ2) is 6.29. The molecule has 4 nitrogen and oxygen atoms in total. The van der Waals surface area contributed by atoms with Crippen LogP contribution in [0.15, 0.2) is 18.2 Å². The molecule has 4 saturated carbocycles. The predicted molar refractivity (Wildman–Crippen MR) is 94.7 cm³/mol. The lowest BCUT2D eigenvalue weighted by molar-refractivity contribution is -0.170. The summed E-state index contributed by atoms with van der Waals surface area (Å²) in [5, 5.41) is 2.25. The van der Waals surface area contributed by atoms with Crippen molar-refractivity contribution in [2.24, 2.45) is 17.3 Å². The summed E-state index contributed by atoms with van der Waals surface area (Å²) < 4.78 is 32.0. The lowest BCUT2D eigenvalue weighted by Crippen LogP contribution is -2.56. The smallest absolute Gasteiger partial charge is 0.312 e. The van der Waals surface area contributed by atoms with Crippen LogP contribution in [0.2, 0.25) is 0 Å². The van der Waals surface area contributed by atoms with E-state index in [0.29, 0.717) is 11.8 Å². The SMILES string of the molecule is O=C(COC(=O)C12CC3CC(CC(Br)(C3)C1)C2)Nc1cc(F)ccc1F. The van der Waals surface area contributed by atoms with Crippen molar-refractivity contribution >= 4 is 33.5 Å². The van der Waals surface area contributed by atoms with Gasteiger partial charge in [0.25, 0.3) is 5.91 Å². The summed E-state index contributed by atoms with van der Waals surface area (Å²) in [5.41, 5.74) is -0.780. The van der Waals surface area contributed by atoms with Crippen LogP contribution in [0.4, 0.5) is 14.5 Å². The Labute approximate surface area is 158 Å². The van der Waals surface area contributed by atoms with E-state index in [1.807, 2.05) is 0 Å². The molecule has 26 heavy (non-hydrogen) atoms. The van der Waals surface area contributed by atoms with Gasteiger partial charge in [0.15, 0.2) is 6.61 Å². The molecule has 0 aliphatic heterocycles. The van der Waals surface area contributed by atoms with E-state index in [1.165, 1.54) is 6.42 Å².